The Kier molecular flexibility index (Phi) is 4.80. The summed E-state index contributed by atoms with van der Waals surface area (Å²) in [4.78, 5) is 7.43. The fraction of sp³-hybridized carbons (Fsp3) is 0.667. The molecule has 0 saturated heterocycles. The molecular formula is C15H22N4. The first-order valence-corrected chi connectivity index (χ1v) is 7.17. The lowest BCUT2D eigenvalue weighted by Crippen LogP contribution is -2.18. The van der Waals surface area contributed by atoms with Gasteiger partial charge in [-0.1, -0.05) is 37.9 Å². The molecule has 102 valence electrons. The summed E-state index contributed by atoms with van der Waals surface area (Å²) in [7, 11) is 0. The molecule has 4 heteroatoms. The van der Waals surface area contributed by atoms with E-state index in [1.54, 1.807) is 0 Å². The van der Waals surface area contributed by atoms with Crippen molar-refractivity contribution >= 4 is 0 Å². The van der Waals surface area contributed by atoms with Gasteiger partial charge in [0.15, 0.2) is 0 Å². The van der Waals surface area contributed by atoms with E-state index < -0.39 is 0 Å². The van der Waals surface area contributed by atoms with E-state index in [1.165, 1.54) is 25.7 Å². The number of hydrogen-bond donors (Lipinski definition) is 0. The SMILES string of the molecule is CC1CCC([C@H](C)c2cccc(CN=[N+]=[N-])n2)CC1. The highest BCUT2D eigenvalue weighted by Gasteiger charge is 2.24. The van der Waals surface area contributed by atoms with Crippen LogP contribution in [-0.4, -0.2) is 4.98 Å². The van der Waals surface area contributed by atoms with Crippen molar-refractivity contribution in [1.29, 1.82) is 0 Å². The van der Waals surface area contributed by atoms with Crippen LogP contribution < -0.4 is 0 Å². The van der Waals surface area contributed by atoms with Crippen LogP contribution in [-0.2, 0) is 6.54 Å². The molecule has 19 heavy (non-hydrogen) atoms. The van der Waals surface area contributed by atoms with E-state index in [0.717, 1.165) is 23.2 Å². The first-order valence-electron chi connectivity index (χ1n) is 7.17. The van der Waals surface area contributed by atoms with E-state index in [9.17, 15) is 0 Å². The number of hydrogen-bond acceptors (Lipinski definition) is 2. The predicted octanol–water partition coefficient (Wildman–Crippen LogP) is 4.82. The standard InChI is InChI=1S/C15H22N4/c1-11-6-8-13(9-7-11)12(2)15-5-3-4-14(18-15)10-17-19-16/h3-5,11-13H,6-10H2,1-2H3/t11?,12-,13?/m0/s1. The molecule has 0 radical (unpaired) electrons. The first-order chi connectivity index (χ1) is 9.20. The van der Waals surface area contributed by atoms with E-state index in [-0.39, 0.29) is 0 Å². The number of nitrogens with zero attached hydrogens (tertiary/aromatic N) is 4. The van der Waals surface area contributed by atoms with E-state index in [1.807, 2.05) is 12.1 Å². The van der Waals surface area contributed by atoms with Crippen LogP contribution in [0.1, 0.15) is 56.8 Å². The quantitative estimate of drug-likeness (QED) is 0.433. The van der Waals surface area contributed by atoms with Crippen molar-refractivity contribution in [3.8, 4) is 0 Å². The summed E-state index contributed by atoms with van der Waals surface area (Å²) in [6.45, 7) is 4.97. The zero-order valence-corrected chi connectivity index (χ0v) is 11.8. The van der Waals surface area contributed by atoms with Gasteiger partial charge in [-0.25, -0.2) is 0 Å². The summed E-state index contributed by atoms with van der Waals surface area (Å²) in [5, 5.41) is 3.58. The second-order valence-corrected chi connectivity index (χ2v) is 5.75. The first kappa shape index (κ1) is 13.9. The van der Waals surface area contributed by atoms with Gasteiger partial charge in [0, 0.05) is 22.2 Å². The summed E-state index contributed by atoms with van der Waals surface area (Å²) in [6.07, 6.45) is 5.30. The summed E-state index contributed by atoms with van der Waals surface area (Å²) in [6, 6.07) is 6.04. The minimum absolute atomic E-state index is 0.346. The van der Waals surface area contributed by atoms with Crippen LogP contribution in [0, 0.1) is 11.8 Å². The third kappa shape index (κ3) is 3.71. The van der Waals surface area contributed by atoms with Gasteiger partial charge in [-0.2, -0.15) is 0 Å². The van der Waals surface area contributed by atoms with Crippen LogP contribution in [0.5, 0.6) is 0 Å². The number of aromatic nitrogens is 1. The van der Waals surface area contributed by atoms with Crippen LogP contribution in [0.3, 0.4) is 0 Å². The van der Waals surface area contributed by atoms with Crippen LogP contribution in [0.15, 0.2) is 23.3 Å². The minimum atomic E-state index is 0.346. The Balaban J connectivity index is 2.05. The Bertz CT molecular complexity index is 457. The molecule has 1 aliphatic rings. The maximum absolute atomic E-state index is 8.37. The Morgan fingerprint density at radius 1 is 1.37 bits per heavy atom. The normalized spacial score (nSPS) is 24.5. The van der Waals surface area contributed by atoms with Gasteiger partial charge in [0.25, 0.3) is 0 Å². The molecule has 0 amide bonds. The number of rotatable bonds is 4. The van der Waals surface area contributed by atoms with Crippen molar-refractivity contribution in [3.05, 3.63) is 40.0 Å². The third-order valence-electron chi connectivity index (χ3n) is 4.36. The van der Waals surface area contributed by atoms with E-state index in [0.29, 0.717) is 12.5 Å². The van der Waals surface area contributed by atoms with Crippen molar-refractivity contribution in [2.75, 3.05) is 0 Å². The highest BCUT2D eigenvalue weighted by atomic mass is 15.1. The average Bonchev–Trinajstić information content (AvgIpc) is 2.45. The molecule has 1 atom stereocenters. The second-order valence-electron chi connectivity index (χ2n) is 5.75. The van der Waals surface area contributed by atoms with Crippen molar-refractivity contribution in [2.45, 2.75) is 52.0 Å². The molecule has 1 aromatic rings. The molecular weight excluding hydrogens is 236 g/mol. The lowest BCUT2D eigenvalue weighted by Gasteiger charge is -2.30. The predicted molar refractivity (Wildman–Crippen MR) is 76.6 cm³/mol. The van der Waals surface area contributed by atoms with Crippen molar-refractivity contribution in [1.82, 2.24) is 4.98 Å². The molecule has 0 aromatic carbocycles. The van der Waals surface area contributed by atoms with Gasteiger partial charge < -0.3 is 0 Å². The summed E-state index contributed by atoms with van der Waals surface area (Å²) >= 11 is 0. The molecule has 0 unspecified atom stereocenters. The lowest BCUT2D eigenvalue weighted by atomic mass is 9.76. The van der Waals surface area contributed by atoms with Crippen LogP contribution in [0.2, 0.25) is 0 Å². The minimum Gasteiger partial charge on any atom is -0.257 e. The topological polar surface area (TPSA) is 61.7 Å². The smallest absolute Gasteiger partial charge is 0.0684 e. The Morgan fingerprint density at radius 2 is 2.11 bits per heavy atom. The molecule has 0 N–H and O–H groups in total. The summed E-state index contributed by atoms with van der Waals surface area (Å²) < 4.78 is 0. The average molecular weight is 258 g/mol. The molecule has 0 aliphatic heterocycles. The van der Waals surface area contributed by atoms with Gasteiger partial charge in [0.2, 0.25) is 0 Å². The highest BCUT2D eigenvalue weighted by Crippen LogP contribution is 2.37. The molecule has 2 rings (SSSR count). The molecule has 1 saturated carbocycles. The molecule has 4 nitrogen and oxygen atoms in total. The summed E-state index contributed by atoms with van der Waals surface area (Å²) in [5.41, 5.74) is 10.4. The molecule has 0 spiro atoms. The zero-order valence-electron chi connectivity index (χ0n) is 11.8. The van der Waals surface area contributed by atoms with E-state index in [4.69, 9.17) is 5.53 Å². The van der Waals surface area contributed by atoms with Gasteiger partial charge in [0.1, 0.15) is 0 Å². The van der Waals surface area contributed by atoms with Crippen molar-refractivity contribution in [3.63, 3.8) is 0 Å². The summed E-state index contributed by atoms with van der Waals surface area (Å²) in [5.74, 6) is 2.13. The van der Waals surface area contributed by atoms with Gasteiger partial charge in [-0.3, -0.25) is 4.98 Å². The largest absolute Gasteiger partial charge is 0.257 e. The van der Waals surface area contributed by atoms with Crippen LogP contribution in [0.25, 0.3) is 10.4 Å². The number of azide groups is 1. The second kappa shape index (κ2) is 6.58. The fourth-order valence-corrected chi connectivity index (χ4v) is 2.97. The lowest BCUT2D eigenvalue weighted by molar-refractivity contribution is 0.259. The number of pyridine rings is 1. The Hall–Kier alpha value is -1.54. The molecule has 1 fully saturated rings. The van der Waals surface area contributed by atoms with Crippen LogP contribution >= 0.6 is 0 Å². The Morgan fingerprint density at radius 3 is 2.79 bits per heavy atom. The maximum Gasteiger partial charge on any atom is 0.0684 e. The van der Waals surface area contributed by atoms with Crippen molar-refractivity contribution < 1.29 is 0 Å². The molecule has 1 heterocycles. The molecule has 0 bridgehead atoms. The van der Waals surface area contributed by atoms with Gasteiger partial charge >= 0.3 is 0 Å². The van der Waals surface area contributed by atoms with Gasteiger partial charge in [0.05, 0.1) is 6.54 Å². The molecule has 1 aliphatic carbocycles. The highest BCUT2D eigenvalue weighted by molar-refractivity contribution is 5.15. The zero-order chi connectivity index (χ0) is 13.7. The monoisotopic (exact) mass is 258 g/mol. The molecule has 1 aromatic heterocycles. The van der Waals surface area contributed by atoms with Gasteiger partial charge in [-0.05, 0) is 42.3 Å². The van der Waals surface area contributed by atoms with Gasteiger partial charge in [-0.15, -0.1) is 0 Å². The van der Waals surface area contributed by atoms with E-state index >= 15 is 0 Å². The third-order valence-corrected chi connectivity index (χ3v) is 4.36. The fourth-order valence-electron chi connectivity index (χ4n) is 2.97. The van der Waals surface area contributed by atoms with Crippen molar-refractivity contribution in [2.24, 2.45) is 17.0 Å². The maximum atomic E-state index is 8.37. The van der Waals surface area contributed by atoms with E-state index in [2.05, 4.69) is 34.9 Å². The van der Waals surface area contributed by atoms with Crippen LogP contribution in [0.4, 0.5) is 0 Å². The Labute approximate surface area is 114 Å².